The molecule has 2 rings (SSSR count). The van der Waals surface area contributed by atoms with Gasteiger partial charge in [-0.3, -0.25) is 19.2 Å². The lowest BCUT2D eigenvalue weighted by atomic mass is 10.1. The van der Waals surface area contributed by atoms with Crippen molar-refractivity contribution in [1.82, 2.24) is 0 Å². The second-order valence-corrected chi connectivity index (χ2v) is 13.5. The van der Waals surface area contributed by atoms with E-state index in [2.05, 4.69) is 13.8 Å². The number of benzene rings is 2. The zero-order valence-electron chi connectivity index (χ0n) is 32.1. The van der Waals surface area contributed by atoms with E-state index >= 15 is 0 Å². The Morgan fingerprint density at radius 2 is 1.00 bits per heavy atom. The molecule has 1 atom stereocenters. The van der Waals surface area contributed by atoms with E-state index < -0.39 is 24.0 Å². The molecule has 0 fully saturated rings. The quantitative estimate of drug-likeness (QED) is 0.0544. The molecular formula is C43H62O9. The van der Waals surface area contributed by atoms with E-state index in [4.69, 9.17) is 18.9 Å². The van der Waals surface area contributed by atoms with Gasteiger partial charge in [0.25, 0.3) is 0 Å². The van der Waals surface area contributed by atoms with Gasteiger partial charge in [0.15, 0.2) is 0 Å². The summed E-state index contributed by atoms with van der Waals surface area (Å²) in [6, 6.07) is 9.13. The van der Waals surface area contributed by atoms with Crippen LogP contribution in [0.2, 0.25) is 0 Å². The van der Waals surface area contributed by atoms with Crippen molar-refractivity contribution in [2.24, 2.45) is 0 Å². The highest BCUT2D eigenvalue weighted by atomic mass is 16.6. The molecule has 0 saturated carbocycles. The number of hydrogen-bond donors (Lipinski definition) is 1. The van der Waals surface area contributed by atoms with Gasteiger partial charge in [0.2, 0.25) is 0 Å². The second-order valence-electron chi connectivity index (χ2n) is 13.5. The first kappa shape index (κ1) is 44.2. The summed E-state index contributed by atoms with van der Waals surface area (Å²) in [5.74, 6) is -1.23. The van der Waals surface area contributed by atoms with E-state index in [1.54, 1.807) is 24.3 Å². The van der Waals surface area contributed by atoms with Gasteiger partial charge in [-0.2, -0.15) is 0 Å². The van der Waals surface area contributed by atoms with Crippen molar-refractivity contribution >= 4 is 30.0 Å². The molecule has 0 aliphatic rings. The normalized spacial score (nSPS) is 11.7. The first-order valence-corrected chi connectivity index (χ1v) is 19.5. The summed E-state index contributed by atoms with van der Waals surface area (Å²) in [7, 11) is 0. The Labute approximate surface area is 311 Å². The minimum absolute atomic E-state index is 0.0943. The molecular weight excluding hydrogens is 660 g/mol. The Balaban J connectivity index is 2.10. The highest BCUT2D eigenvalue weighted by Crippen LogP contribution is 2.33. The lowest BCUT2D eigenvalue weighted by Crippen LogP contribution is -2.12. The smallest absolute Gasteiger partial charge is 0.311 e. The maximum atomic E-state index is 13.0. The topological polar surface area (TPSA) is 125 Å². The van der Waals surface area contributed by atoms with Gasteiger partial charge < -0.3 is 24.1 Å². The third-order valence-electron chi connectivity index (χ3n) is 8.69. The predicted octanol–water partition coefficient (Wildman–Crippen LogP) is 10.9. The third kappa shape index (κ3) is 19.6. The number of carbonyl (C=O) groups excluding carboxylic acids is 4. The van der Waals surface area contributed by atoms with Gasteiger partial charge in [-0.25, -0.2) is 0 Å². The minimum Gasteiger partial charge on any atom is -0.427 e. The van der Waals surface area contributed by atoms with Crippen LogP contribution < -0.4 is 18.9 Å². The fraction of sp³-hybridized carbons (Fsp3) is 0.581. The van der Waals surface area contributed by atoms with Gasteiger partial charge in [-0.15, -0.1) is 0 Å². The Bertz CT molecular complexity index is 1400. The van der Waals surface area contributed by atoms with Crippen LogP contribution in [0, 0.1) is 0 Å². The number of rotatable bonds is 27. The third-order valence-corrected chi connectivity index (χ3v) is 8.69. The van der Waals surface area contributed by atoms with Crippen LogP contribution in [-0.2, 0) is 19.2 Å². The highest BCUT2D eigenvalue weighted by Gasteiger charge is 2.18. The predicted molar refractivity (Wildman–Crippen MR) is 204 cm³/mol. The number of hydrogen-bond acceptors (Lipinski definition) is 9. The number of ether oxygens (including phenoxy) is 4. The zero-order chi connectivity index (χ0) is 38.0. The number of esters is 4. The van der Waals surface area contributed by atoms with Gasteiger partial charge in [0, 0.05) is 49.9 Å². The van der Waals surface area contributed by atoms with Crippen molar-refractivity contribution in [3.63, 3.8) is 0 Å². The number of unbranched alkanes of at least 4 members (excludes halogenated alkanes) is 16. The lowest BCUT2D eigenvalue weighted by molar-refractivity contribution is -0.135. The van der Waals surface area contributed by atoms with Crippen LogP contribution in [0.25, 0.3) is 6.08 Å². The number of aliphatic hydroxyl groups excluding tert-OH is 1. The van der Waals surface area contributed by atoms with Crippen molar-refractivity contribution < 1.29 is 43.2 Å². The van der Waals surface area contributed by atoms with Crippen LogP contribution in [0.1, 0.15) is 173 Å². The summed E-state index contributed by atoms with van der Waals surface area (Å²) >= 11 is 0. The Hall–Kier alpha value is -3.98. The molecule has 1 N–H and O–H groups in total. The second kappa shape index (κ2) is 26.7. The van der Waals surface area contributed by atoms with E-state index in [1.807, 2.05) is 0 Å². The monoisotopic (exact) mass is 722 g/mol. The molecule has 2 aromatic carbocycles. The molecule has 0 aromatic heterocycles. The SMILES string of the molecule is CCCCCCCCCCCC(=O)Oc1ccc(C(O)C=Cc2ccc(OC(C)=O)cc2OC(C)=O)c(OC(=O)CCCCCCCCCCC)c1. The Morgan fingerprint density at radius 3 is 1.52 bits per heavy atom. The van der Waals surface area contributed by atoms with Gasteiger partial charge in [-0.1, -0.05) is 129 Å². The van der Waals surface area contributed by atoms with Crippen LogP contribution in [0.4, 0.5) is 0 Å². The fourth-order valence-corrected chi connectivity index (χ4v) is 5.85. The Morgan fingerprint density at radius 1 is 0.558 bits per heavy atom. The summed E-state index contributed by atoms with van der Waals surface area (Å²) in [5, 5.41) is 11.2. The summed E-state index contributed by atoms with van der Waals surface area (Å²) in [6.45, 7) is 6.94. The van der Waals surface area contributed by atoms with Gasteiger partial charge >= 0.3 is 23.9 Å². The lowest BCUT2D eigenvalue weighted by Gasteiger charge is -2.15. The van der Waals surface area contributed by atoms with Crippen LogP contribution in [0.5, 0.6) is 23.0 Å². The maximum Gasteiger partial charge on any atom is 0.311 e. The summed E-state index contributed by atoms with van der Waals surface area (Å²) in [4.78, 5) is 48.8. The largest absolute Gasteiger partial charge is 0.427 e. The highest BCUT2D eigenvalue weighted by molar-refractivity contribution is 5.75. The molecule has 52 heavy (non-hydrogen) atoms. The van der Waals surface area contributed by atoms with Crippen molar-refractivity contribution in [3.8, 4) is 23.0 Å². The number of aliphatic hydroxyl groups is 1. The average molecular weight is 723 g/mol. The van der Waals surface area contributed by atoms with Crippen LogP contribution in [0.3, 0.4) is 0 Å². The fourth-order valence-electron chi connectivity index (χ4n) is 5.85. The Kier molecular flexibility index (Phi) is 22.7. The van der Waals surface area contributed by atoms with Crippen LogP contribution in [0.15, 0.2) is 42.5 Å². The van der Waals surface area contributed by atoms with Crippen molar-refractivity contribution in [2.45, 2.75) is 162 Å². The van der Waals surface area contributed by atoms with Crippen LogP contribution >= 0.6 is 0 Å². The van der Waals surface area contributed by atoms with Gasteiger partial charge in [0.1, 0.15) is 29.1 Å². The standard InChI is InChI=1S/C43H62O9/c1-5-7-9-11-13-15-17-19-21-23-42(47)51-37-28-29-38(41(32-37)52-43(48)24-22-20-18-16-14-12-10-8-6-2)39(46)30-26-35-25-27-36(49-33(3)44)31-40(35)50-34(4)45/h25-32,39,46H,5-24H2,1-4H3. The molecule has 9 heteroatoms. The molecule has 288 valence electrons. The van der Waals surface area contributed by atoms with Crippen molar-refractivity contribution in [2.75, 3.05) is 0 Å². The molecule has 0 bridgehead atoms. The van der Waals surface area contributed by atoms with E-state index in [1.165, 1.54) is 109 Å². The zero-order valence-corrected chi connectivity index (χ0v) is 32.1. The van der Waals surface area contributed by atoms with E-state index in [0.29, 0.717) is 17.5 Å². The molecule has 0 saturated heterocycles. The molecule has 0 aliphatic carbocycles. The van der Waals surface area contributed by atoms with Gasteiger partial charge in [-0.05, 0) is 37.1 Å². The van der Waals surface area contributed by atoms with Crippen molar-refractivity contribution in [3.05, 3.63) is 53.6 Å². The maximum absolute atomic E-state index is 13.0. The molecule has 0 heterocycles. The summed E-state index contributed by atoms with van der Waals surface area (Å²) < 4.78 is 21.8. The molecule has 0 amide bonds. The number of carbonyl (C=O) groups is 4. The molecule has 0 aliphatic heterocycles. The molecule has 0 spiro atoms. The first-order valence-electron chi connectivity index (χ1n) is 19.5. The average Bonchev–Trinajstić information content (AvgIpc) is 3.09. The van der Waals surface area contributed by atoms with Gasteiger partial charge in [0.05, 0.1) is 0 Å². The molecule has 1 unspecified atom stereocenters. The van der Waals surface area contributed by atoms with E-state index in [9.17, 15) is 24.3 Å². The van der Waals surface area contributed by atoms with E-state index in [-0.39, 0.29) is 41.8 Å². The summed E-state index contributed by atoms with van der Waals surface area (Å²) in [5.41, 5.74) is 0.733. The first-order chi connectivity index (χ1) is 25.1. The van der Waals surface area contributed by atoms with Crippen molar-refractivity contribution in [1.29, 1.82) is 0 Å². The summed E-state index contributed by atoms with van der Waals surface area (Å²) in [6.07, 6.45) is 22.7. The molecule has 2 aromatic rings. The van der Waals surface area contributed by atoms with Crippen LogP contribution in [-0.4, -0.2) is 29.0 Å². The molecule has 0 radical (unpaired) electrons. The molecule has 9 nitrogen and oxygen atoms in total. The van der Waals surface area contributed by atoms with E-state index in [0.717, 1.165) is 38.5 Å². The minimum atomic E-state index is -1.24.